The van der Waals surface area contributed by atoms with Gasteiger partial charge in [0.2, 0.25) is 10.0 Å². The average molecular weight is 389 g/mol. The number of sulfonamides is 1. The minimum Gasteiger partial charge on any atom is -0.207 e. The van der Waals surface area contributed by atoms with Crippen molar-refractivity contribution in [2.24, 2.45) is 11.3 Å². The highest BCUT2D eigenvalue weighted by atomic mass is 32.2. The first-order valence-electron chi connectivity index (χ1n) is 9.19. The standard InChI is InChI=1S/C22H19N3O2S/c23-14-17-9-11-18(12-10-17)21-22(16-24)13-5-4-6-19(22)15-25(21)28(26,27)20-7-2-1-3-8-20/h1-3,5,7-13,19,21H,4,6,15H2/t19-,21+,22+/m1/s1. The van der Waals surface area contributed by atoms with Gasteiger partial charge >= 0.3 is 0 Å². The largest absolute Gasteiger partial charge is 0.243 e. The Labute approximate surface area is 165 Å². The molecule has 3 atom stereocenters. The van der Waals surface area contributed by atoms with Gasteiger partial charge in [-0.25, -0.2) is 8.42 Å². The van der Waals surface area contributed by atoms with Crippen molar-refractivity contribution in [2.45, 2.75) is 23.8 Å². The molecule has 0 amide bonds. The topological polar surface area (TPSA) is 85.0 Å². The summed E-state index contributed by atoms with van der Waals surface area (Å²) in [5.74, 6) is -0.0679. The number of hydrogen-bond acceptors (Lipinski definition) is 4. The molecule has 1 aliphatic carbocycles. The number of allylic oxidation sites excluding steroid dienone is 1. The molecule has 0 unspecified atom stereocenters. The lowest BCUT2D eigenvalue weighted by Gasteiger charge is -2.34. The third kappa shape index (κ3) is 2.74. The van der Waals surface area contributed by atoms with Gasteiger partial charge in [-0.2, -0.15) is 14.8 Å². The molecule has 1 saturated heterocycles. The van der Waals surface area contributed by atoms with Crippen LogP contribution in [0.3, 0.4) is 0 Å². The van der Waals surface area contributed by atoms with E-state index in [2.05, 4.69) is 12.1 Å². The first kappa shape index (κ1) is 18.4. The summed E-state index contributed by atoms with van der Waals surface area (Å²) in [6.45, 7) is 0.305. The molecule has 0 radical (unpaired) electrons. The Kier molecular flexibility index (Phi) is 4.55. The number of fused-ring (bicyclic) bond motifs is 1. The number of rotatable bonds is 3. The van der Waals surface area contributed by atoms with Crippen LogP contribution in [0.1, 0.15) is 30.0 Å². The van der Waals surface area contributed by atoms with Crippen LogP contribution in [-0.4, -0.2) is 19.3 Å². The summed E-state index contributed by atoms with van der Waals surface area (Å²) >= 11 is 0. The summed E-state index contributed by atoms with van der Waals surface area (Å²) in [5.41, 5.74) is 0.323. The van der Waals surface area contributed by atoms with E-state index < -0.39 is 21.5 Å². The van der Waals surface area contributed by atoms with Crippen molar-refractivity contribution in [1.29, 1.82) is 10.5 Å². The summed E-state index contributed by atoms with van der Waals surface area (Å²) in [5, 5.41) is 19.3. The van der Waals surface area contributed by atoms with Crippen LogP contribution in [0.25, 0.3) is 0 Å². The van der Waals surface area contributed by atoms with Gasteiger partial charge in [0.1, 0.15) is 5.41 Å². The van der Waals surface area contributed by atoms with Gasteiger partial charge in [0.15, 0.2) is 0 Å². The monoisotopic (exact) mass is 389 g/mol. The van der Waals surface area contributed by atoms with Gasteiger partial charge in [-0.15, -0.1) is 0 Å². The maximum Gasteiger partial charge on any atom is 0.243 e. The van der Waals surface area contributed by atoms with Crippen LogP contribution < -0.4 is 0 Å². The van der Waals surface area contributed by atoms with Crippen molar-refractivity contribution in [3.05, 3.63) is 77.9 Å². The van der Waals surface area contributed by atoms with Gasteiger partial charge in [-0.1, -0.05) is 42.5 Å². The van der Waals surface area contributed by atoms with Gasteiger partial charge in [-0.3, -0.25) is 0 Å². The number of hydrogen-bond donors (Lipinski definition) is 0. The molecule has 28 heavy (non-hydrogen) atoms. The zero-order valence-corrected chi connectivity index (χ0v) is 16.0. The molecule has 0 bridgehead atoms. The van der Waals surface area contributed by atoms with E-state index in [1.165, 1.54) is 4.31 Å². The van der Waals surface area contributed by atoms with Crippen molar-refractivity contribution >= 4 is 10.0 Å². The van der Waals surface area contributed by atoms with E-state index in [-0.39, 0.29) is 10.8 Å². The lowest BCUT2D eigenvalue weighted by atomic mass is 9.68. The zero-order chi connectivity index (χ0) is 19.8. The Morgan fingerprint density at radius 3 is 2.39 bits per heavy atom. The molecule has 2 aliphatic rings. The van der Waals surface area contributed by atoms with E-state index in [0.717, 1.165) is 18.4 Å². The second-order valence-corrected chi connectivity index (χ2v) is 9.14. The normalized spacial score (nSPS) is 26.9. The van der Waals surface area contributed by atoms with Crippen LogP contribution in [0.2, 0.25) is 0 Å². The summed E-state index contributed by atoms with van der Waals surface area (Å²) < 4.78 is 28.4. The van der Waals surface area contributed by atoms with Crippen LogP contribution in [0, 0.1) is 34.0 Å². The third-order valence-corrected chi connectivity index (χ3v) is 7.64. The van der Waals surface area contributed by atoms with Crippen LogP contribution >= 0.6 is 0 Å². The molecule has 5 nitrogen and oxygen atoms in total. The maximum atomic E-state index is 13.5. The van der Waals surface area contributed by atoms with Crippen molar-refractivity contribution < 1.29 is 8.42 Å². The third-order valence-electron chi connectivity index (χ3n) is 5.79. The molecule has 0 saturated carbocycles. The molecule has 0 N–H and O–H groups in total. The number of benzene rings is 2. The number of nitrogens with zero attached hydrogens (tertiary/aromatic N) is 3. The Balaban J connectivity index is 1.89. The number of nitriles is 2. The van der Waals surface area contributed by atoms with E-state index in [0.29, 0.717) is 12.1 Å². The molecular formula is C22H19N3O2S. The Morgan fingerprint density at radius 2 is 1.75 bits per heavy atom. The quantitative estimate of drug-likeness (QED) is 0.748. The smallest absolute Gasteiger partial charge is 0.207 e. The van der Waals surface area contributed by atoms with Crippen molar-refractivity contribution in [3.63, 3.8) is 0 Å². The summed E-state index contributed by atoms with van der Waals surface area (Å²) in [6.07, 6.45) is 5.49. The van der Waals surface area contributed by atoms with Crippen LogP contribution in [0.4, 0.5) is 0 Å². The second-order valence-electron chi connectivity index (χ2n) is 7.25. The predicted octanol–water partition coefficient (Wildman–Crippen LogP) is 3.78. The molecule has 6 heteroatoms. The maximum absolute atomic E-state index is 13.5. The summed E-state index contributed by atoms with van der Waals surface area (Å²) in [4.78, 5) is 0.226. The van der Waals surface area contributed by atoms with Crippen molar-refractivity contribution in [1.82, 2.24) is 4.31 Å². The van der Waals surface area contributed by atoms with E-state index in [1.807, 2.05) is 12.2 Å². The van der Waals surface area contributed by atoms with E-state index in [4.69, 9.17) is 5.26 Å². The lowest BCUT2D eigenvalue weighted by molar-refractivity contribution is 0.288. The van der Waals surface area contributed by atoms with Crippen molar-refractivity contribution in [3.8, 4) is 12.1 Å². The van der Waals surface area contributed by atoms with Gasteiger partial charge in [0.25, 0.3) is 0 Å². The minimum absolute atomic E-state index is 0.0679. The molecule has 1 heterocycles. The molecule has 1 fully saturated rings. The molecular weight excluding hydrogens is 370 g/mol. The summed E-state index contributed by atoms with van der Waals surface area (Å²) in [7, 11) is -3.77. The fourth-order valence-corrected chi connectivity index (χ4v) is 6.13. The highest BCUT2D eigenvalue weighted by Crippen LogP contribution is 2.56. The first-order valence-corrected chi connectivity index (χ1v) is 10.6. The fraction of sp³-hybridized carbons (Fsp3) is 0.273. The van der Waals surface area contributed by atoms with Crippen LogP contribution in [-0.2, 0) is 10.0 Å². The van der Waals surface area contributed by atoms with Gasteiger partial charge < -0.3 is 0 Å². The lowest BCUT2D eigenvalue weighted by Crippen LogP contribution is -2.35. The minimum atomic E-state index is -3.77. The highest BCUT2D eigenvalue weighted by molar-refractivity contribution is 7.89. The Hall–Kier alpha value is -2.93. The molecule has 1 aliphatic heterocycles. The van der Waals surface area contributed by atoms with Crippen LogP contribution in [0.5, 0.6) is 0 Å². The Morgan fingerprint density at radius 1 is 1.04 bits per heavy atom. The average Bonchev–Trinajstić information content (AvgIpc) is 3.11. The van der Waals surface area contributed by atoms with E-state index >= 15 is 0 Å². The molecule has 2 aromatic rings. The van der Waals surface area contributed by atoms with Gasteiger partial charge in [-0.05, 0) is 48.6 Å². The van der Waals surface area contributed by atoms with Crippen LogP contribution in [0.15, 0.2) is 71.6 Å². The second kappa shape index (κ2) is 6.91. The summed E-state index contributed by atoms with van der Waals surface area (Å²) in [6, 6.07) is 19.1. The fourth-order valence-electron chi connectivity index (χ4n) is 4.40. The van der Waals surface area contributed by atoms with Gasteiger partial charge in [0, 0.05) is 6.54 Å². The molecule has 4 rings (SSSR count). The predicted molar refractivity (Wildman–Crippen MR) is 104 cm³/mol. The van der Waals surface area contributed by atoms with Crippen molar-refractivity contribution in [2.75, 3.05) is 6.54 Å². The van der Waals surface area contributed by atoms with E-state index in [1.54, 1.807) is 54.6 Å². The Bertz CT molecular complexity index is 1100. The molecule has 0 spiro atoms. The zero-order valence-electron chi connectivity index (χ0n) is 15.2. The molecule has 140 valence electrons. The molecule has 2 aromatic carbocycles. The highest BCUT2D eigenvalue weighted by Gasteiger charge is 2.57. The van der Waals surface area contributed by atoms with Gasteiger partial charge in [0.05, 0.1) is 28.6 Å². The van der Waals surface area contributed by atoms with E-state index in [9.17, 15) is 13.7 Å². The SMILES string of the molecule is N#Cc1ccc([C@@H]2N(S(=O)(=O)c3ccccc3)C[C@H]3CCC=C[C@]32C#N)cc1. The first-order chi connectivity index (χ1) is 13.5. The molecule has 0 aromatic heterocycles.